The van der Waals surface area contributed by atoms with Crippen molar-refractivity contribution in [2.45, 2.75) is 58.3 Å². The zero-order valence-electron chi connectivity index (χ0n) is 12.4. The first-order valence-electron chi connectivity index (χ1n) is 7.19. The molecule has 0 aliphatic heterocycles. The molecule has 110 valence electrons. The Balaban J connectivity index is 0. The average Bonchev–Trinajstić information content (AvgIpc) is 2.29. The number of rotatable bonds is 11. The van der Waals surface area contributed by atoms with E-state index in [0.717, 1.165) is 0 Å². The van der Waals surface area contributed by atoms with Crippen LogP contribution < -0.4 is 24.0 Å². The first-order valence-corrected chi connectivity index (χ1v) is 11.5. The molecule has 0 aliphatic carbocycles. The molecule has 0 radical (unpaired) electrons. The summed E-state index contributed by atoms with van der Waals surface area (Å²) in [5, 5.41) is 0. The highest BCUT2D eigenvalue weighted by Crippen LogP contribution is 2.52. The summed E-state index contributed by atoms with van der Waals surface area (Å²) in [7, 11) is -0.575. The largest absolute Gasteiger partial charge is 1.00 e. The van der Waals surface area contributed by atoms with Crippen LogP contribution in [0.4, 0.5) is 0 Å². The quantitative estimate of drug-likeness (QED) is 0.234. The molecule has 0 aromatic carbocycles. The fraction of sp³-hybridized carbons (Fsp3) is 0.867. The van der Waals surface area contributed by atoms with Crippen molar-refractivity contribution >= 4 is 29.9 Å². The molecule has 0 nitrogen and oxygen atoms in total. The van der Waals surface area contributed by atoms with Crippen LogP contribution in [0.15, 0.2) is 10.2 Å². The topological polar surface area (TPSA) is 0 Å². The Morgan fingerprint density at radius 3 is 2.06 bits per heavy atom. The molecule has 0 aromatic rings. The van der Waals surface area contributed by atoms with Crippen LogP contribution in [0.5, 0.6) is 0 Å². The molecular weight excluding hydrogens is 465 g/mol. The van der Waals surface area contributed by atoms with Gasteiger partial charge in [-0.05, 0) is 29.8 Å². The molecule has 0 spiro atoms. The maximum Gasteiger partial charge on any atom is 0.0591 e. The molecule has 0 atom stereocenters. The van der Waals surface area contributed by atoms with Gasteiger partial charge >= 0.3 is 0 Å². The lowest BCUT2D eigenvalue weighted by Crippen LogP contribution is -3.00. The van der Waals surface area contributed by atoms with Crippen LogP contribution in [0.1, 0.15) is 58.3 Å². The Kier molecular flexibility index (Phi) is 18.3. The zero-order valence-corrected chi connectivity index (χ0v) is 17.6. The monoisotopic (exact) mass is 496 g/mol. The molecule has 0 bridgehead atoms. The summed E-state index contributed by atoms with van der Waals surface area (Å²) in [5.74, 6) is 0. The van der Waals surface area contributed by atoms with Gasteiger partial charge in [0.15, 0.2) is 0 Å². The van der Waals surface area contributed by atoms with E-state index in [1.807, 2.05) is 0 Å². The maximum absolute atomic E-state index is 2.55. The van der Waals surface area contributed by atoms with Crippen LogP contribution in [0.2, 0.25) is 0 Å². The molecule has 3 heteroatoms. The summed E-state index contributed by atoms with van der Waals surface area (Å²) in [4.78, 5) is 0. The van der Waals surface area contributed by atoms with Crippen molar-refractivity contribution in [2.24, 2.45) is 0 Å². The van der Waals surface area contributed by atoms with Gasteiger partial charge in [0.2, 0.25) is 0 Å². The van der Waals surface area contributed by atoms with Gasteiger partial charge in [0.05, 0.1) is 12.3 Å². The maximum atomic E-state index is 2.55. The predicted molar refractivity (Wildman–Crippen MR) is 94.3 cm³/mol. The number of unbranched alkanes of at least 4 members (excludes halogenated alkanes) is 6. The molecule has 0 N–H and O–H groups in total. The minimum atomic E-state index is -0.575. The Labute approximate surface area is 147 Å². The van der Waals surface area contributed by atoms with Crippen LogP contribution in [0, 0.1) is 0 Å². The van der Waals surface area contributed by atoms with Gasteiger partial charge in [0.1, 0.15) is 0 Å². The molecule has 0 saturated carbocycles. The van der Waals surface area contributed by atoms with E-state index in [0.29, 0.717) is 0 Å². The lowest BCUT2D eigenvalue weighted by molar-refractivity contribution is -0.00000382. The molecular formula is C15H31I2P. The van der Waals surface area contributed by atoms with E-state index in [9.17, 15) is 0 Å². The Morgan fingerprint density at radius 1 is 0.889 bits per heavy atom. The zero-order chi connectivity index (χ0) is 13.0. The molecule has 0 aliphatic rings. The van der Waals surface area contributed by atoms with Crippen LogP contribution in [-0.4, -0.2) is 25.7 Å². The van der Waals surface area contributed by atoms with Gasteiger partial charge < -0.3 is 24.0 Å². The van der Waals surface area contributed by atoms with E-state index in [-0.39, 0.29) is 24.0 Å². The first kappa shape index (κ1) is 21.9. The molecule has 0 fully saturated rings. The lowest BCUT2D eigenvalue weighted by atomic mass is 10.1. The van der Waals surface area contributed by atoms with E-state index >= 15 is 0 Å². The van der Waals surface area contributed by atoms with Crippen molar-refractivity contribution in [3.63, 3.8) is 0 Å². The van der Waals surface area contributed by atoms with Gasteiger partial charge in [-0.3, -0.25) is 0 Å². The fourth-order valence-electron chi connectivity index (χ4n) is 2.13. The van der Waals surface area contributed by atoms with Gasteiger partial charge in [-0.25, -0.2) is 0 Å². The molecule has 0 unspecified atom stereocenters. The second-order valence-corrected chi connectivity index (χ2v) is 11.1. The van der Waals surface area contributed by atoms with Crippen molar-refractivity contribution in [3.8, 4) is 0 Å². The third-order valence-corrected chi connectivity index (χ3v) is 6.90. The molecule has 0 amide bonds. The first-order chi connectivity index (χ1) is 8.12. The normalized spacial score (nSPS) is 11.8. The van der Waals surface area contributed by atoms with Crippen LogP contribution in [-0.2, 0) is 0 Å². The van der Waals surface area contributed by atoms with Crippen molar-refractivity contribution in [3.05, 3.63) is 10.2 Å². The third kappa shape index (κ3) is 15.7. The Bertz CT molecular complexity index is 191. The highest BCUT2D eigenvalue weighted by Gasteiger charge is 2.22. The van der Waals surface area contributed by atoms with E-state index in [2.05, 4.69) is 53.0 Å². The molecule has 0 heterocycles. The molecule has 0 rings (SSSR count). The minimum Gasteiger partial charge on any atom is -1.00 e. The van der Waals surface area contributed by atoms with Gasteiger partial charge in [-0.1, -0.05) is 61.3 Å². The number of hydrogen-bond donors (Lipinski definition) is 0. The van der Waals surface area contributed by atoms with E-state index < -0.39 is 7.26 Å². The summed E-state index contributed by atoms with van der Waals surface area (Å²) >= 11 is 2.32. The summed E-state index contributed by atoms with van der Waals surface area (Å²) in [6.07, 6.45) is 16.6. The highest BCUT2D eigenvalue weighted by atomic mass is 127. The smallest absolute Gasteiger partial charge is 0.0591 e. The van der Waals surface area contributed by atoms with Crippen molar-refractivity contribution < 1.29 is 24.0 Å². The van der Waals surface area contributed by atoms with E-state index in [1.54, 1.807) is 0 Å². The van der Waals surface area contributed by atoms with Crippen molar-refractivity contribution in [1.29, 1.82) is 0 Å². The van der Waals surface area contributed by atoms with Crippen LogP contribution in [0.25, 0.3) is 0 Å². The number of allylic oxidation sites excluding steroid dienone is 1. The second kappa shape index (κ2) is 15.0. The Hall–Kier alpha value is 1.63. The van der Waals surface area contributed by atoms with Crippen LogP contribution in [0.3, 0.4) is 0 Å². The van der Waals surface area contributed by atoms with Gasteiger partial charge in [-0.15, -0.1) is 0 Å². The SMILES string of the molecule is CCCCCCCC[P+](C)(C)CCC/C=C/I.[I-]. The average molecular weight is 496 g/mol. The lowest BCUT2D eigenvalue weighted by Gasteiger charge is -2.17. The molecule has 18 heavy (non-hydrogen) atoms. The second-order valence-electron chi connectivity index (χ2n) is 5.65. The predicted octanol–water partition coefficient (Wildman–Crippen LogP) is 3.36. The number of halogens is 2. The van der Waals surface area contributed by atoms with E-state index in [1.165, 1.54) is 63.7 Å². The highest BCUT2D eigenvalue weighted by molar-refractivity contribution is 14.1. The van der Waals surface area contributed by atoms with Gasteiger partial charge in [0, 0.05) is 20.6 Å². The summed E-state index contributed by atoms with van der Waals surface area (Å²) in [6, 6.07) is 0. The fourth-order valence-corrected chi connectivity index (χ4v) is 4.83. The van der Waals surface area contributed by atoms with Crippen molar-refractivity contribution in [2.75, 3.05) is 25.7 Å². The van der Waals surface area contributed by atoms with E-state index in [4.69, 9.17) is 0 Å². The molecule has 0 saturated heterocycles. The summed E-state index contributed by atoms with van der Waals surface area (Å²) in [6.45, 7) is 7.39. The third-order valence-electron chi connectivity index (χ3n) is 3.34. The van der Waals surface area contributed by atoms with Gasteiger partial charge in [-0.2, -0.15) is 0 Å². The summed E-state index contributed by atoms with van der Waals surface area (Å²) in [5.41, 5.74) is 0. The summed E-state index contributed by atoms with van der Waals surface area (Å²) < 4.78 is 2.15. The standard InChI is InChI=1S/C15H31IP.HI/c1-4-5-6-7-8-11-14-17(2,3)15-12-9-10-13-16;/h10,13H,4-9,11-12,14-15H2,1-3H3;1H/q+1;/p-1/b13-10+;. The van der Waals surface area contributed by atoms with Crippen molar-refractivity contribution in [1.82, 2.24) is 0 Å². The Morgan fingerprint density at radius 2 is 1.44 bits per heavy atom. The molecule has 0 aromatic heterocycles. The minimum absolute atomic E-state index is 0. The number of hydrogen-bond acceptors (Lipinski definition) is 0. The van der Waals surface area contributed by atoms with Gasteiger partial charge in [0.25, 0.3) is 0 Å². The van der Waals surface area contributed by atoms with Crippen LogP contribution >= 0.6 is 29.9 Å².